The predicted molar refractivity (Wildman–Crippen MR) is 133 cm³/mol. The molecule has 0 bridgehead atoms. The number of anilines is 1. The van der Waals surface area contributed by atoms with E-state index in [9.17, 15) is 9.59 Å². The maximum atomic E-state index is 12.8. The Balaban J connectivity index is 1.38. The third kappa shape index (κ3) is 5.84. The Bertz CT molecular complexity index is 1340. The maximum Gasteiger partial charge on any atom is 0.262 e. The largest absolute Gasteiger partial charge is 0.484 e. The van der Waals surface area contributed by atoms with Gasteiger partial charge < -0.3 is 19.2 Å². The van der Waals surface area contributed by atoms with Crippen molar-refractivity contribution < 1.29 is 18.7 Å². The van der Waals surface area contributed by atoms with Crippen molar-refractivity contribution in [3.05, 3.63) is 94.3 Å². The number of carbonyl (C=O) groups excluding carboxylic acids is 1. The van der Waals surface area contributed by atoms with Crippen LogP contribution in [0.2, 0.25) is 0 Å². The van der Waals surface area contributed by atoms with Crippen LogP contribution >= 0.6 is 0 Å². The molecular weight excluding hydrogens is 430 g/mol. The quantitative estimate of drug-likeness (QED) is 0.321. The van der Waals surface area contributed by atoms with E-state index in [0.29, 0.717) is 22.5 Å². The third-order valence-corrected chi connectivity index (χ3v) is 5.36. The van der Waals surface area contributed by atoms with Crippen molar-refractivity contribution in [2.75, 3.05) is 11.9 Å². The molecule has 0 saturated heterocycles. The molecule has 0 unspecified atom stereocenters. The Labute approximate surface area is 198 Å². The van der Waals surface area contributed by atoms with Crippen molar-refractivity contribution >= 4 is 22.6 Å². The van der Waals surface area contributed by atoms with E-state index in [1.54, 1.807) is 24.3 Å². The Hall–Kier alpha value is -4.06. The minimum Gasteiger partial charge on any atom is -0.484 e. The summed E-state index contributed by atoms with van der Waals surface area (Å²) in [6.45, 7) is 3.94. The lowest BCUT2D eigenvalue weighted by Gasteiger charge is -2.09. The van der Waals surface area contributed by atoms with E-state index < -0.39 is 0 Å². The summed E-state index contributed by atoms with van der Waals surface area (Å²) in [6, 6.07) is 20.1. The molecule has 4 rings (SSSR count). The summed E-state index contributed by atoms with van der Waals surface area (Å²) in [5.41, 5.74) is 3.06. The van der Waals surface area contributed by atoms with Gasteiger partial charge in [0.25, 0.3) is 5.91 Å². The van der Waals surface area contributed by atoms with E-state index in [1.165, 1.54) is 11.8 Å². The number of benzene rings is 3. The SMILES string of the molecule is CCCCc1ccc(NC(=O)COc2ccc3c(=O)c(Oc4cccc(C)c4)coc3c2)cc1. The first-order valence-electron chi connectivity index (χ1n) is 11.3. The van der Waals surface area contributed by atoms with Crippen LogP contribution in [0.4, 0.5) is 5.69 Å². The molecule has 4 aromatic rings. The smallest absolute Gasteiger partial charge is 0.262 e. The number of rotatable bonds is 9. The highest BCUT2D eigenvalue weighted by molar-refractivity contribution is 5.92. The van der Waals surface area contributed by atoms with Crippen LogP contribution in [-0.4, -0.2) is 12.5 Å². The molecule has 0 aliphatic heterocycles. The second-order valence-electron chi connectivity index (χ2n) is 8.14. The first kappa shape index (κ1) is 23.1. The molecule has 0 aliphatic carbocycles. The second kappa shape index (κ2) is 10.7. The summed E-state index contributed by atoms with van der Waals surface area (Å²) in [7, 11) is 0. The number of fused-ring (bicyclic) bond motifs is 1. The molecule has 0 spiro atoms. The molecule has 34 heavy (non-hydrogen) atoms. The Kier molecular flexibility index (Phi) is 7.28. The van der Waals surface area contributed by atoms with Crippen molar-refractivity contribution in [2.45, 2.75) is 33.1 Å². The van der Waals surface area contributed by atoms with Gasteiger partial charge in [-0.3, -0.25) is 9.59 Å². The van der Waals surface area contributed by atoms with Gasteiger partial charge >= 0.3 is 0 Å². The van der Waals surface area contributed by atoms with Gasteiger partial charge in [-0.15, -0.1) is 0 Å². The molecule has 1 N–H and O–H groups in total. The minimum absolute atomic E-state index is 0.104. The van der Waals surface area contributed by atoms with Crippen molar-refractivity contribution in [1.29, 1.82) is 0 Å². The monoisotopic (exact) mass is 457 g/mol. The number of aryl methyl sites for hydroxylation is 2. The van der Waals surface area contributed by atoms with Crippen molar-refractivity contribution in [2.24, 2.45) is 0 Å². The van der Waals surface area contributed by atoms with E-state index in [2.05, 4.69) is 12.2 Å². The fraction of sp³-hybridized carbons (Fsp3) is 0.214. The van der Waals surface area contributed by atoms with Crippen LogP contribution in [0.1, 0.15) is 30.9 Å². The van der Waals surface area contributed by atoms with Crippen LogP contribution in [-0.2, 0) is 11.2 Å². The topological polar surface area (TPSA) is 77.8 Å². The summed E-state index contributed by atoms with van der Waals surface area (Å²) >= 11 is 0. The molecule has 0 fully saturated rings. The molecular formula is C28H27NO5. The van der Waals surface area contributed by atoms with Gasteiger partial charge in [0.05, 0.1) is 5.39 Å². The number of nitrogens with one attached hydrogen (secondary N) is 1. The van der Waals surface area contributed by atoms with Gasteiger partial charge in [0.2, 0.25) is 11.2 Å². The third-order valence-electron chi connectivity index (χ3n) is 5.36. The van der Waals surface area contributed by atoms with Gasteiger partial charge in [-0.1, -0.05) is 37.6 Å². The normalized spacial score (nSPS) is 10.8. The highest BCUT2D eigenvalue weighted by Gasteiger charge is 2.11. The van der Waals surface area contributed by atoms with Gasteiger partial charge in [0.1, 0.15) is 23.3 Å². The minimum atomic E-state index is -0.283. The zero-order chi connectivity index (χ0) is 23.9. The lowest BCUT2D eigenvalue weighted by Crippen LogP contribution is -2.20. The van der Waals surface area contributed by atoms with Crippen molar-refractivity contribution in [3.8, 4) is 17.2 Å². The fourth-order valence-corrected chi connectivity index (χ4v) is 3.54. The maximum absolute atomic E-state index is 12.8. The van der Waals surface area contributed by atoms with Crippen molar-refractivity contribution in [1.82, 2.24) is 0 Å². The van der Waals surface area contributed by atoms with Crippen molar-refractivity contribution in [3.63, 3.8) is 0 Å². The van der Waals surface area contributed by atoms with Gasteiger partial charge in [-0.25, -0.2) is 0 Å². The fourth-order valence-electron chi connectivity index (χ4n) is 3.54. The van der Waals surface area contributed by atoms with E-state index >= 15 is 0 Å². The zero-order valence-electron chi connectivity index (χ0n) is 19.3. The number of ether oxygens (including phenoxy) is 2. The lowest BCUT2D eigenvalue weighted by molar-refractivity contribution is -0.118. The average molecular weight is 458 g/mol. The summed E-state index contributed by atoms with van der Waals surface area (Å²) in [4.78, 5) is 25.1. The molecule has 1 amide bonds. The van der Waals surface area contributed by atoms with Gasteiger partial charge in [0.15, 0.2) is 6.61 Å². The zero-order valence-corrected chi connectivity index (χ0v) is 19.3. The van der Waals surface area contributed by atoms with Crippen LogP contribution in [0.3, 0.4) is 0 Å². The molecule has 1 heterocycles. The number of carbonyl (C=O) groups is 1. The van der Waals surface area contributed by atoms with Crippen LogP contribution in [0.25, 0.3) is 11.0 Å². The van der Waals surface area contributed by atoms with Crippen LogP contribution in [0, 0.1) is 6.92 Å². The number of amides is 1. The predicted octanol–water partition coefficient (Wildman–Crippen LogP) is 6.25. The van der Waals surface area contributed by atoms with Gasteiger partial charge in [0, 0.05) is 11.8 Å². The van der Waals surface area contributed by atoms with Crippen LogP contribution in [0.5, 0.6) is 17.2 Å². The molecule has 6 nitrogen and oxygen atoms in total. The van der Waals surface area contributed by atoms with Gasteiger partial charge in [-0.2, -0.15) is 0 Å². The molecule has 3 aromatic carbocycles. The Morgan fingerprint density at radius 3 is 2.59 bits per heavy atom. The molecule has 0 radical (unpaired) electrons. The number of hydrogen-bond acceptors (Lipinski definition) is 5. The second-order valence-corrected chi connectivity index (χ2v) is 8.14. The average Bonchev–Trinajstić information content (AvgIpc) is 2.84. The standard InChI is InChI=1S/C28H27NO5/c1-3-4-7-20-9-11-21(12-10-20)29-27(30)18-32-22-13-14-24-25(16-22)33-17-26(28(24)31)34-23-8-5-6-19(2)15-23/h5-6,8-17H,3-4,7,18H2,1-2H3,(H,29,30). The Morgan fingerprint density at radius 1 is 1.00 bits per heavy atom. The van der Waals surface area contributed by atoms with E-state index in [-0.39, 0.29) is 23.7 Å². The summed E-state index contributed by atoms with van der Waals surface area (Å²) in [5.74, 6) is 0.818. The lowest BCUT2D eigenvalue weighted by atomic mass is 10.1. The first-order chi connectivity index (χ1) is 16.5. The summed E-state index contributed by atoms with van der Waals surface area (Å²) < 4.78 is 16.9. The molecule has 6 heteroatoms. The number of unbranched alkanes of at least 4 members (excludes halogenated alkanes) is 1. The molecule has 0 aliphatic rings. The molecule has 0 atom stereocenters. The van der Waals surface area contributed by atoms with Crippen LogP contribution in [0.15, 0.2) is 82.2 Å². The summed E-state index contributed by atoms with van der Waals surface area (Å²) in [6.07, 6.45) is 4.61. The Morgan fingerprint density at radius 2 is 1.82 bits per heavy atom. The van der Waals surface area contributed by atoms with Gasteiger partial charge in [-0.05, 0) is 67.3 Å². The number of hydrogen-bond donors (Lipinski definition) is 1. The van der Waals surface area contributed by atoms with E-state index in [4.69, 9.17) is 13.9 Å². The highest BCUT2D eigenvalue weighted by Crippen LogP contribution is 2.24. The molecule has 1 aromatic heterocycles. The molecule has 0 saturated carbocycles. The highest BCUT2D eigenvalue weighted by atomic mass is 16.5. The van der Waals surface area contributed by atoms with Crippen LogP contribution < -0.4 is 20.2 Å². The molecule has 174 valence electrons. The van der Waals surface area contributed by atoms with E-state index in [1.807, 2.05) is 49.4 Å². The van der Waals surface area contributed by atoms with E-state index in [0.717, 1.165) is 30.5 Å². The first-order valence-corrected chi connectivity index (χ1v) is 11.3. The summed E-state index contributed by atoms with van der Waals surface area (Å²) in [5, 5.41) is 3.19.